The van der Waals surface area contributed by atoms with Crippen LogP contribution < -0.4 is 16.4 Å². The first-order chi connectivity index (χ1) is 14.5. The van der Waals surface area contributed by atoms with Crippen LogP contribution in [-0.4, -0.2) is 54.8 Å². The number of nitrogens with one attached hydrogen (secondary N) is 2. The first-order valence-corrected chi connectivity index (χ1v) is 11.3. The molecule has 1 heterocycles. The number of nitrogens with zero attached hydrogens (tertiary/aromatic N) is 2. The van der Waals surface area contributed by atoms with E-state index in [4.69, 9.17) is 15.5 Å². The summed E-state index contributed by atoms with van der Waals surface area (Å²) < 4.78 is 5.08. The molecule has 1 aliphatic heterocycles. The summed E-state index contributed by atoms with van der Waals surface area (Å²) in [6.45, 7) is 6.52. The van der Waals surface area contributed by atoms with E-state index in [1.54, 1.807) is 4.90 Å². The van der Waals surface area contributed by atoms with Gasteiger partial charge in [-0.1, -0.05) is 43.2 Å². The second kappa shape index (κ2) is 10.7. The van der Waals surface area contributed by atoms with E-state index in [9.17, 15) is 4.79 Å². The van der Waals surface area contributed by atoms with Gasteiger partial charge >= 0.3 is 6.09 Å². The highest BCUT2D eigenvalue weighted by Gasteiger charge is 2.35. The Bertz CT molecular complexity index is 695. The molecular formula is C23H37N5O2. The van der Waals surface area contributed by atoms with Crippen LogP contribution in [0.4, 0.5) is 4.79 Å². The van der Waals surface area contributed by atoms with Gasteiger partial charge in [0.25, 0.3) is 0 Å². The number of hydrogen-bond acceptors (Lipinski definition) is 4. The molecule has 4 N–H and O–H groups in total. The minimum Gasteiger partial charge on any atom is -0.450 e. The first kappa shape index (κ1) is 22.4. The monoisotopic (exact) mass is 415 g/mol. The molecule has 7 heteroatoms. The summed E-state index contributed by atoms with van der Waals surface area (Å²) in [4.78, 5) is 18.3. The Morgan fingerprint density at radius 3 is 2.57 bits per heavy atom. The Morgan fingerprint density at radius 2 is 1.93 bits per heavy atom. The topological polar surface area (TPSA) is 92.0 Å². The molecule has 1 amide bonds. The van der Waals surface area contributed by atoms with Gasteiger partial charge in [0.05, 0.1) is 13.2 Å². The summed E-state index contributed by atoms with van der Waals surface area (Å²) in [5.41, 5.74) is 7.54. The Kier molecular flexibility index (Phi) is 7.96. The fraction of sp³-hybridized carbons (Fsp3) is 0.652. The zero-order valence-corrected chi connectivity index (χ0v) is 18.4. The molecule has 1 aromatic rings. The second-order valence-corrected chi connectivity index (χ2v) is 8.57. The van der Waals surface area contributed by atoms with E-state index in [1.807, 2.05) is 6.92 Å². The molecule has 1 aromatic carbocycles. The van der Waals surface area contributed by atoms with Crippen molar-refractivity contribution in [3.8, 4) is 0 Å². The number of ether oxygens (including phenoxy) is 1. The highest BCUT2D eigenvalue weighted by molar-refractivity contribution is 5.78. The zero-order chi connectivity index (χ0) is 21.4. The van der Waals surface area contributed by atoms with Crippen LogP contribution in [0.15, 0.2) is 35.3 Å². The van der Waals surface area contributed by atoms with Gasteiger partial charge in [0.2, 0.25) is 0 Å². The van der Waals surface area contributed by atoms with E-state index >= 15 is 0 Å². The SMILES string of the molecule is CCOC(=O)N1CCC(NC(N)=NCC2(NC(C)c3ccccc3)CCCC2)CC1. The van der Waals surface area contributed by atoms with Gasteiger partial charge in [0.1, 0.15) is 0 Å². The Morgan fingerprint density at radius 1 is 1.27 bits per heavy atom. The van der Waals surface area contributed by atoms with Gasteiger partial charge in [-0.15, -0.1) is 0 Å². The number of rotatable bonds is 7. The van der Waals surface area contributed by atoms with Gasteiger partial charge in [-0.2, -0.15) is 0 Å². The lowest BCUT2D eigenvalue weighted by atomic mass is 9.95. The summed E-state index contributed by atoms with van der Waals surface area (Å²) >= 11 is 0. The molecule has 1 aliphatic carbocycles. The molecule has 1 atom stereocenters. The number of nitrogens with two attached hydrogens (primary N) is 1. The normalized spacial score (nSPS) is 20.7. The quantitative estimate of drug-likeness (QED) is 0.470. The van der Waals surface area contributed by atoms with Crippen molar-refractivity contribution in [2.75, 3.05) is 26.2 Å². The largest absolute Gasteiger partial charge is 0.450 e. The number of likely N-dealkylation sites (tertiary alicyclic amines) is 1. The van der Waals surface area contributed by atoms with E-state index in [2.05, 4.69) is 47.9 Å². The molecule has 0 aromatic heterocycles. The molecule has 0 spiro atoms. The van der Waals surface area contributed by atoms with Crippen molar-refractivity contribution >= 4 is 12.1 Å². The number of carbonyl (C=O) groups is 1. The Balaban J connectivity index is 1.51. The van der Waals surface area contributed by atoms with Gasteiger partial charge in [-0.3, -0.25) is 4.99 Å². The Hall–Kier alpha value is -2.28. The van der Waals surface area contributed by atoms with Crippen LogP contribution in [0.25, 0.3) is 0 Å². The minimum absolute atomic E-state index is 0.00876. The predicted octanol–water partition coefficient (Wildman–Crippen LogP) is 3.18. The van der Waals surface area contributed by atoms with Gasteiger partial charge < -0.3 is 26.0 Å². The summed E-state index contributed by atoms with van der Waals surface area (Å²) in [6, 6.07) is 11.1. The van der Waals surface area contributed by atoms with Gasteiger partial charge in [-0.25, -0.2) is 4.79 Å². The molecular weight excluding hydrogens is 378 g/mol. The van der Waals surface area contributed by atoms with Crippen LogP contribution in [0.5, 0.6) is 0 Å². The van der Waals surface area contributed by atoms with E-state index in [-0.39, 0.29) is 23.7 Å². The van der Waals surface area contributed by atoms with Gasteiger partial charge in [-0.05, 0) is 45.1 Å². The molecule has 2 aliphatic rings. The number of aliphatic imine (C=N–C) groups is 1. The van der Waals surface area contributed by atoms with Crippen LogP contribution in [-0.2, 0) is 4.74 Å². The maximum absolute atomic E-state index is 11.8. The number of hydrogen-bond donors (Lipinski definition) is 3. The molecule has 2 fully saturated rings. The molecule has 7 nitrogen and oxygen atoms in total. The van der Waals surface area contributed by atoms with Crippen molar-refractivity contribution in [3.63, 3.8) is 0 Å². The molecule has 1 unspecified atom stereocenters. The minimum atomic E-state index is -0.223. The molecule has 1 saturated carbocycles. The van der Waals surface area contributed by atoms with E-state index in [0.29, 0.717) is 32.2 Å². The smallest absolute Gasteiger partial charge is 0.409 e. The molecule has 1 saturated heterocycles. The fourth-order valence-corrected chi connectivity index (χ4v) is 4.60. The van der Waals surface area contributed by atoms with Crippen LogP contribution >= 0.6 is 0 Å². The molecule has 0 bridgehead atoms. The standard InChI is InChI=1S/C23H37N5O2/c1-3-30-22(29)28-15-11-20(12-16-28)26-21(24)25-17-23(13-7-8-14-23)27-18(2)19-9-5-4-6-10-19/h4-6,9-10,18,20,27H,3,7-8,11-17H2,1-2H3,(H3,24,25,26). The van der Waals surface area contributed by atoms with E-state index < -0.39 is 0 Å². The molecule has 166 valence electrons. The van der Waals surface area contributed by atoms with E-state index in [1.165, 1.54) is 18.4 Å². The third kappa shape index (κ3) is 6.11. The molecule has 0 radical (unpaired) electrons. The number of carbonyl (C=O) groups excluding carboxylic acids is 1. The van der Waals surface area contributed by atoms with Crippen molar-refractivity contribution in [2.45, 2.75) is 70.0 Å². The highest BCUT2D eigenvalue weighted by Crippen LogP contribution is 2.32. The zero-order valence-electron chi connectivity index (χ0n) is 18.4. The average molecular weight is 416 g/mol. The van der Waals surface area contributed by atoms with Crippen molar-refractivity contribution in [2.24, 2.45) is 10.7 Å². The fourth-order valence-electron chi connectivity index (χ4n) is 4.60. The number of benzene rings is 1. The average Bonchev–Trinajstić information content (AvgIpc) is 3.22. The third-order valence-corrected chi connectivity index (χ3v) is 6.31. The number of piperidine rings is 1. The van der Waals surface area contributed by atoms with E-state index in [0.717, 1.165) is 25.7 Å². The predicted molar refractivity (Wildman–Crippen MR) is 120 cm³/mol. The third-order valence-electron chi connectivity index (χ3n) is 6.31. The summed E-state index contributed by atoms with van der Waals surface area (Å²) in [5, 5.41) is 7.21. The second-order valence-electron chi connectivity index (χ2n) is 8.57. The summed E-state index contributed by atoms with van der Waals surface area (Å²) in [5.74, 6) is 0.505. The van der Waals surface area contributed by atoms with Crippen molar-refractivity contribution in [1.29, 1.82) is 0 Å². The maximum atomic E-state index is 11.8. The van der Waals surface area contributed by atoms with Crippen molar-refractivity contribution < 1.29 is 9.53 Å². The van der Waals surface area contributed by atoms with Gasteiger partial charge in [0, 0.05) is 30.7 Å². The summed E-state index contributed by atoms with van der Waals surface area (Å²) in [7, 11) is 0. The molecule has 3 rings (SSSR count). The highest BCUT2D eigenvalue weighted by atomic mass is 16.6. The Labute approximate surface area is 180 Å². The lowest BCUT2D eigenvalue weighted by Gasteiger charge is -2.34. The van der Waals surface area contributed by atoms with Crippen molar-refractivity contribution in [3.05, 3.63) is 35.9 Å². The number of guanidine groups is 1. The van der Waals surface area contributed by atoms with Crippen molar-refractivity contribution in [1.82, 2.24) is 15.5 Å². The van der Waals surface area contributed by atoms with Crippen LogP contribution in [0.2, 0.25) is 0 Å². The van der Waals surface area contributed by atoms with Crippen LogP contribution in [0, 0.1) is 0 Å². The lowest BCUT2D eigenvalue weighted by Crippen LogP contribution is -2.50. The lowest BCUT2D eigenvalue weighted by molar-refractivity contribution is 0.0963. The van der Waals surface area contributed by atoms with Crippen LogP contribution in [0.1, 0.15) is 64.0 Å². The number of amides is 1. The van der Waals surface area contributed by atoms with Crippen LogP contribution in [0.3, 0.4) is 0 Å². The summed E-state index contributed by atoms with van der Waals surface area (Å²) in [6.07, 6.45) is 6.18. The maximum Gasteiger partial charge on any atom is 0.409 e. The first-order valence-electron chi connectivity index (χ1n) is 11.3. The van der Waals surface area contributed by atoms with Gasteiger partial charge in [0.15, 0.2) is 5.96 Å². The molecule has 30 heavy (non-hydrogen) atoms.